The van der Waals surface area contributed by atoms with Crippen molar-refractivity contribution in [1.82, 2.24) is 20.2 Å². The fourth-order valence-corrected chi connectivity index (χ4v) is 2.50. The zero-order chi connectivity index (χ0) is 12.4. The molecular formula is C13H17N5. The summed E-state index contributed by atoms with van der Waals surface area (Å²) < 4.78 is 0. The van der Waals surface area contributed by atoms with Crippen molar-refractivity contribution >= 4 is 5.82 Å². The van der Waals surface area contributed by atoms with Gasteiger partial charge in [0.2, 0.25) is 0 Å². The molecule has 18 heavy (non-hydrogen) atoms. The average Bonchev–Trinajstić information content (AvgIpc) is 2.93. The first kappa shape index (κ1) is 11.2. The van der Waals surface area contributed by atoms with E-state index < -0.39 is 0 Å². The number of aryl methyl sites for hydroxylation is 1. The molecule has 0 bridgehead atoms. The highest BCUT2D eigenvalue weighted by Gasteiger charge is 2.23. The molecule has 2 aromatic heterocycles. The third-order valence-electron chi connectivity index (χ3n) is 3.51. The van der Waals surface area contributed by atoms with Gasteiger partial charge in [-0.05, 0) is 31.9 Å². The number of pyridine rings is 1. The van der Waals surface area contributed by atoms with E-state index in [1.807, 2.05) is 13.0 Å². The molecule has 0 spiro atoms. The topological polar surface area (TPSA) is 57.7 Å². The lowest BCUT2D eigenvalue weighted by Crippen LogP contribution is -2.33. The molecule has 0 radical (unpaired) electrons. The van der Waals surface area contributed by atoms with Crippen LogP contribution in [0.5, 0.6) is 0 Å². The van der Waals surface area contributed by atoms with Crippen LogP contribution in [0.25, 0.3) is 0 Å². The van der Waals surface area contributed by atoms with Crippen LogP contribution in [-0.2, 0) is 0 Å². The predicted octanol–water partition coefficient (Wildman–Crippen LogP) is 1.89. The summed E-state index contributed by atoms with van der Waals surface area (Å²) in [7, 11) is 0. The Hall–Kier alpha value is -1.91. The third kappa shape index (κ3) is 2.20. The van der Waals surface area contributed by atoms with E-state index in [4.69, 9.17) is 0 Å². The molecule has 0 atom stereocenters. The molecule has 3 heterocycles. The largest absolute Gasteiger partial charge is 0.357 e. The van der Waals surface area contributed by atoms with Crippen molar-refractivity contribution in [2.24, 2.45) is 0 Å². The molecule has 1 fully saturated rings. The maximum atomic E-state index is 4.57. The summed E-state index contributed by atoms with van der Waals surface area (Å²) in [4.78, 5) is 11.2. The van der Waals surface area contributed by atoms with Crippen LogP contribution in [0.1, 0.15) is 30.3 Å². The molecule has 2 aromatic rings. The van der Waals surface area contributed by atoms with E-state index in [9.17, 15) is 0 Å². The second-order valence-electron chi connectivity index (χ2n) is 4.77. The van der Waals surface area contributed by atoms with Crippen LogP contribution < -0.4 is 4.90 Å². The first-order chi connectivity index (χ1) is 8.83. The number of H-pyrrole nitrogens is 1. The highest BCUT2D eigenvalue weighted by Crippen LogP contribution is 2.27. The zero-order valence-corrected chi connectivity index (χ0v) is 10.5. The average molecular weight is 243 g/mol. The maximum Gasteiger partial charge on any atom is 0.137 e. The van der Waals surface area contributed by atoms with Gasteiger partial charge in [0, 0.05) is 24.7 Å². The van der Waals surface area contributed by atoms with Gasteiger partial charge in [-0.3, -0.25) is 5.10 Å². The Kier molecular flexibility index (Phi) is 2.96. The summed E-state index contributed by atoms with van der Waals surface area (Å²) in [5, 5.41) is 6.90. The highest BCUT2D eigenvalue weighted by molar-refractivity contribution is 5.39. The van der Waals surface area contributed by atoms with Crippen molar-refractivity contribution in [3.8, 4) is 0 Å². The molecule has 3 rings (SSSR count). The molecule has 1 aliphatic rings. The SMILES string of the molecule is Cc1cccc(N2CCC(c3ncn[nH]3)CC2)n1. The molecule has 5 nitrogen and oxygen atoms in total. The summed E-state index contributed by atoms with van der Waals surface area (Å²) in [5.74, 6) is 2.62. The highest BCUT2D eigenvalue weighted by atomic mass is 15.2. The van der Waals surface area contributed by atoms with E-state index in [2.05, 4.69) is 37.2 Å². The van der Waals surface area contributed by atoms with Gasteiger partial charge < -0.3 is 4.90 Å². The van der Waals surface area contributed by atoms with Gasteiger partial charge in [-0.15, -0.1) is 0 Å². The lowest BCUT2D eigenvalue weighted by Gasteiger charge is -2.31. The number of aromatic nitrogens is 4. The Morgan fingerprint density at radius 1 is 1.28 bits per heavy atom. The van der Waals surface area contributed by atoms with Crippen molar-refractivity contribution < 1.29 is 0 Å². The number of nitrogens with one attached hydrogen (secondary N) is 1. The smallest absolute Gasteiger partial charge is 0.137 e. The molecule has 1 saturated heterocycles. The Balaban J connectivity index is 1.67. The van der Waals surface area contributed by atoms with Gasteiger partial charge in [0.15, 0.2) is 0 Å². The van der Waals surface area contributed by atoms with Crippen LogP contribution in [0.2, 0.25) is 0 Å². The van der Waals surface area contributed by atoms with E-state index in [1.54, 1.807) is 6.33 Å². The summed E-state index contributed by atoms with van der Waals surface area (Å²) in [5.41, 5.74) is 1.07. The predicted molar refractivity (Wildman–Crippen MR) is 69.5 cm³/mol. The van der Waals surface area contributed by atoms with E-state index in [0.717, 1.165) is 43.3 Å². The molecule has 0 unspecified atom stereocenters. The number of anilines is 1. The molecule has 0 saturated carbocycles. The van der Waals surface area contributed by atoms with E-state index in [1.165, 1.54) is 0 Å². The van der Waals surface area contributed by atoms with Crippen molar-refractivity contribution in [3.63, 3.8) is 0 Å². The summed E-state index contributed by atoms with van der Waals surface area (Å²) in [6.07, 6.45) is 3.79. The summed E-state index contributed by atoms with van der Waals surface area (Å²) in [6, 6.07) is 6.19. The third-order valence-corrected chi connectivity index (χ3v) is 3.51. The van der Waals surface area contributed by atoms with Crippen LogP contribution in [0.15, 0.2) is 24.5 Å². The number of hydrogen-bond acceptors (Lipinski definition) is 4. The lowest BCUT2D eigenvalue weighted by atomic mass is 9.96. The van der Waals surface area contributed by atoms with Gasteiger partial charge in [0.1, 0.15) is 18.0 Å². The van der Waals surface area contributed by atoms with Gasteiger partial charge in [-0.2, -0.15) is 5.10 Å². The van der Waals surface area contributed by atoms with Crippen molar-refractivity contribution in [1.29, 1.82) is 0 Å². The van der Waals surface area contributed by atoms with Crippen LogP contribution in [0.4, 0.5) is 5.82 Å². The van der Waals surface area contributed by atoms with Crippen molar-refractivity contribution in [2.45, 2.75) is 25.7 Å². The molecule has 1 aliphatic heterocycles. The minimum absolute atomic E-state index is 0.508. The van der Waals surface area contributed by atoms with E-state index >= 15 is 0 Å². The minimum atomic E-state index is 0.508. The number of hydrogen-bond donors (Lipinski definition) is 1. The van der Waals surface area contributed by atoms with E-state index in [0.29, 0.717) is 5.92 Å². The minimum Gasteiger partial charge on any atom is -0.357 e. The van der Waals surface area contributed by atoms with Gasteiger partial charge >= 0.3 is 0 Å². The molecule has 0 amide bonds. The first-order valence-electron chi connectivity index (χ1n) is 6.37. The fourth-order valence-electron chi connectivity index (χ4n) is 2.50. The number of rotatable bonds is 2. The Morgan fingerprint density at radius 3 is 2.78 bits per heavy atom. The van der Waals surface area contributed by atoms with Crippen LogP contribution in [-0.4, -0.2) is 33.3 Å². The molecule has 1 N–H and O–H groups in total. The molecule has 0 aliphatic carbocycles. The second-order valence-corrected chi connectivity index (χ2v) is 4.77. The molecular weight excluding hydrogens is 226 g/mol. The van der Waals surface area contributed by atoms with Gasteiger partial charge in [-0.25, -0.2) is 9.97 Å². The number of nitrogens with zero attached hydrogens (tertiary/aromatic N) is 4. The Bertz CT molecular complexity index is 500. The maximum absolute atomic E-state index is 4.57. The standard InChI is InChI=1S/C13H17N5/c1-10-3-2-4-12(16-10)18-7-5-11(6-8-18)13-14-9-15-17-13/h2-4,9,11H,5-8H2,1H3,(H,14,15,17). The molecule has 5 heteroatoms. The molecule has 94 valence electrons. The van der Waals surface area contributed by atoms with Gasteiger partial charge in [-0.1, -0.05) is 6.07 Å². The lowest BCUT2D eigenvalue weighted by molar-refractivity contribution is 0.484. The zero-order valence-electron chi connectivity index (χ0n) is 10.5. The quantitative estimate of drug-likeness (QED) is 0.875. The van der Waals surface area contributed by atoms with Crippen LogP contribution in [0, 0.1) is 6.92 Å². The number of aromatic amines is 1. The fraction of sp³-hybridized carbons (Fsp3) is 0.462. The monoisotopic (exact) mass is 243 g/mol. The number of piperidine rings is 1. The normalized spacial score (nSPS) is 17.1. The van der Waals surface area contributed by atoms with E-state index in [-0.39, 0.29) is 0 Å². The van der Waals surface area contributed by atoms with Crippen LogP contribution in [0.3, 0.4) is 0 Å². The Morgan fingerprint density at radius 2 is 2.11 bits per heavy atom. The van der Waals surface area contributed by atoms with Gasteiger partial charge in [0.05, 0.1) is 0 Å². The Labute approximate surface area is 106 Å². The van der Waals surface area contributed by atoms with Gasteiger partial charge in [0.25, 0.3) is 0 Å². The summed E-state index contributed by atoms with van der Waals surface area (Å²) in [6.45, 7) is 4.09. The first-order valence-corrected chi connectivity index (χ1v) is 6.37. The van der Waals surface area contributed by atoms with Crippen LogP contribution >= 0.6 is 0 Å². The van der Waals surface area contributed by atoms with Crippen molar-refractivity contribution in [2.75, 3.05) is 18.0 Å². The second kappa shape index (κ2) is 4.76. The molecule has 0 aromatic carbocycles. The summed E-state index contributed by atoms with van der Waals surface area (Å²) >= 11 is 0. The van der Waals surface area contributed by atoms with Crippen molar-refractivity contribution in [3.05, 3.63) is 36.0 Å².